The fourth-order valence-corrected chi connectivity index (χ4v) is 2.99. The van der Waals surface area contributed by atoms with Gasteiger partial charge in [-0.05, 0) is 41.9 Å². The van der Waals surface area contributed by atoms with E-state index in [1.807, 2.05) is 0 Å². The van der Waals surface area contributed by atoms with Gasteiger partial charge in [-0.1, -0.05) is 32.6 Å². The Kier molecular flexibility index (Phi) is 4.59. The van der Waals surface area contributed by atoms with Crippen LogP contribution in [0.4, 0.5) is 5.82 Å². The Balaban J connectivity index is 2.27. The van der Waals surface area contributed by atoms with Gasteiger partial charge in [-0.3, -0.25) is 0 Å². The summed E-state index contributed by atoms with van der Waals surface area (Å²) in [6, 6.07) is 0. The number of hydrogen-bond acceptors (Lipinski definition) is 3. The van der Waals surface area contributed by atoms with Crippen LogP contribution in [0.5, 0.6) is 0 Å². The van der Waals surface area contributed by atoms with Crippen LogP contribution >= 0.6 is 22.6 Å². The number of aryl methyl sites for hydroxylation is 1. The molecule has 17 heavy (non-hydrogen) atoms. The van der Waals surface area contributed by atoms with Crippen molar-refractivity contribution in [3.63, 3.8) is 0 Å². The van der Waals surface area contributed by atoms with E-state index in [9.17, 15) is 0 Å². The van der Waals surface area contributed by atoms with Crippen LogP contribution in [-0.4, -0.2) is 9.97 Å². The minimum atomic E-state index is 0.540. The molecule has 0 unspecified atom stereocenters. The number of nitrogen functional groups attached to an aromatic ring is 1. The molecule has 0 atom stereocenters. The van der Waals surface area contributed by atoms with Gasteiger partial charge in [0, 0.05) is 5.92 Å². The van der Waals surface area contributed by atoms with Crippen LogP contribution in [0.2, 0.25) is 0 Å². The summed E-state index contributed by atoms with van der Waals surface area (Å²) in [6.45, 7) is 2.18. The molecule has 0 aliphatic heterocycles. The van der Waals surface area contributed by atoms with Gasteiger partial charge in [0.15, 0.2) is 0 Å². The standard InChI is InChI=1S/C13H20IN3/c1-2-6-10-11(14)12(15)17-13(16-10)9-7-4-3-5-8-9/h9H,2-8H2,1H3,(H2,15,16,17). The summed E-state index contributed by atoms with van der Waals surface area (Å²) in [4.78, 5) is 9.25. The molecule has 1 heterocycles. The van der Waals surface area contributed by atoms with Gasteiger partial charge < -0.3 is 5.73 Å². The van der Waals surface area contributed by atoms with Crippen LogP contribution in [0.25, 0.3) is 0 Å². The average Bonchev–Trinajstić information content (AvgIpc) is 2.36. The topological polar surface area (TPSA) is 51.8 Å². The number of nitrogens with zero attached hydrogens (tertiary/aromatic N) is 2. The molecular weight excluding hydrogens is 325 g/mol. The number of nitrogens with two attached hydrogens (primary N) is 1. The third-order valence-electron chi connectivity index (χ3n) is 3.42. The molecule has 0 spiro atoms. The summed E-state index contributed by atoms with van der Waals surface area (Å²) in [5.41, 5.74) is 7.14. The predicted octanol–water partition coefficient (Wildman–Crippen LogP) is 3.66. The van der Waals surface area contributed by atoms with Crippen LogP contribution in [0, 0.1) is 3.57 Å². The molecule has 0 aromatic carbocycles. The normalized spacial score (nSPS) is 17.3. The maximum Gasteiger partial charge on any atom is 0.140 e. The quantitative estimate of drug-likeness (QED) is 0.851. The van der Waals surface area contributed by atoms with Crippen molar-refractivity contribution in [3.8, 4) is 0 Å². The third kappa shape index (κ3) is 3.09. The number of hydrogen-bond donors (Lipinski definition) is 1. The summed E-state index contributed by atoms with van der Waals surface area (Å²) in [7, 11) is 0. The van der Waals surface area contributed by atoms with Crippen LogP contribution in [0.3, 0.4) is 0 Å². The molecule has 0 bridgehead atoms. The van der Waals surface area contributed by atoms with E-state index >= 15 is 0 Å². The zero-order valence-electron chi connectivity index (χ0n) is 10.4. The first-order valence-electron chi connectivity index (χ1n) is 6.54. The number of halogens is 1. The highest BCUT2D eigenvalue weighted by Gasteiger charge is 2.20. The highest BCUT2D eigenvalue weighted by atomic mass is 127. The van der Waals surface area contributed by atoms with Crippen molar-refractivity contribution in [2.24, 2.45) is 0 Å². The molecular formula is C13H20IN3. The molecule has 1 aromatic heterocycles. The van der Waals surface area contributed by atoms with Gasteiger partial charge in [0.1, 0.15) is 11.6 Å². The van der Waals surface area contributed by atoms with Crippen molar-refractivity contribution in [3.05, 3.63) is 15.1 Å². The molecule has 1 fully saturated rings. The molecule has 2 rings (SSSR count). The van der Waals surface area contributed by atoms with E-state index in [4.69, 9.17) is 10.7 Å². The number of rotatable bonds is 3. The zero-order valence-corrected chi connectivity index (χ0v) is 12.5. The summed E-state index contributed by atoms with van der Waals surface area (Å²) < 4.78 is 1.05. The zero-order chi connectivity index (χ0) is 12.3. The predicted molar refractivity (Wildman–Crippen MR) is 79.0 cm³/mol. The highest BCUT2D eigenvalue weighted by Crippen LogP contribution is 2.32. The van der Waals surface area contributed by atoms with Gasteiger partial charge in [-0.15, -0.1) is 0 Å². The third-order valence-corrected chi connectivity index (χ3v) is 4.60. The highest BCUT2D eigenvalue weighted by molar-refractivity contribution is 14.1. The molecule has 1 saturated carbocycles. The lowest BCUT2D eigenvalue weighted by Crippen LogP contribution is -2.13. The Morgan fingerprint density at radius 2 is 1.94 bits per heavy atom. The first-order chi connectivity index (χ1) is 8.22. The Morgan fingerprint density at radius 3 is 2.59 bits per heavy atom. The van der Waals surface area contributed by atoms with E-state index in [2.05, 4.69) is 34.5 Å². The molecule has 3 nitrogen and oxygen atoms in total. The van der Waals surface area contributed by atoms with Crippen molar-refractivity contribution < 1.29 is 0 Å². The van der Waals surface area contributed by atoms with Gasteiger partial charge in [0.25, 0.3) is 0 Å². The maximum atomic E-state index is 6.00. The lowest BCUT2D eigenvalue weighted by atomic mass is 9.88. The summed E-state index contributed by atoms with van der Waals surface area (Å²) in [5, 5.41) is 0. The average molecular weight is 345 g/mol. The van der Waals surface area contributed by atoms with E-state index in [0.29, 0.717) is 11.7 Å². The van der Waals surface area contributed by atoms with Crippen molar-refractivity contribution in [2.75, 3.05) is 5.73 Å². The minimum Gasteiger partial charge on any atom is -0.383 e. The van der Waals surface area contributed by atoms with Crippen LogP contribution < -0.4 is 5.73 Å². The van der Waals surface area contributed by atoms with Crippen molar-refractivity contribution >= 4 is 28.4 Å². The molecule has 4 heteroatoms. The number of aromatic nitrogens is 2. The monoisotopic (exact) mass is 345 g/mol. The van der Waals surface area contributed by atoms with Gasteiger partial charge in [0.05, 0.1) is 9.26 Å². The Morgan fingerprint density at radius 1 is 1.24 bits per heavy atom. The molecule has 1 aliphatic carbocycles. The van der Waals surface area contributed by atoms with E-state index in [0.717, 1.165) is 27.9 Å². The first-order valence-corrected chi connectivity index (χ1v) is 7.62. The molecule has 1 aliphatic rings. The Labute approximate surface area is 117 Å². The van der Waals surface area contributed by atoms with Crippen LogP contribution in [-0.2, 0) is 6.42 Å². The van der Waals surface area contributed by atoms with Gasteiger partial charge in [0.2, 0.25) is 0 Å². The molecule has 1 aromatic rings. The number of anilines is 1. The Hall–Kier alpha value is -0.390. The van der Waals surface area contributed by atoms with Crippen LogP contribution in [0.15, 0.2) is 0 Å². The van der Waals surface area contributed by atoms with Gasteiger partial charge in [-0.2, -0.15) is 0 Å². The smallest absolute Gasteiger partial charge is 0.140 e. The van der Waals surface area contributed by atoms with Crippen molar-refractivity contribution in [2.45, 2.75) is 57.8 Å². The Bertz CT molecular complexity index is 386. The summed E-state index contributed by atoms with van der Waals surface area (Å²) in [6.07, 6.45) is 8.54. The lowest BCUT2D eigenvalue weighted by molar-refractivity contribution is 0.427. The molecule has 0 radical (unpaired) electrons. The lowest BCUT2D eigenvalue weighted by Gasteiger charge is -2.21. The second-order valence-corrected chi connectivity index (χ2v) is 5.89. The van der Waals surface area contributed by atoms with E-state index in [1.165, 1.54) is 32.1 Å². The van der Waals surface area contributed by atoms with E-state index in [1.54, 1.807) is 0 Å². The molecule has 94 valence electrons. The second kappa shape index (κ2) is 5.98. The first kappa shape index (κ1) is 13.1. The van der Waals surface area contributed by atoms with Gasteiger partial charge in [-0.25, -0.2) is 9.97 Å². The molecule has 0 amide bonds. The SMILES string of the molecule is CCCc1nc(C2CCCCC2)nc(N)c1I. The fraction of sp³-hybridized carbons (Fsp3) is 0.692. The van der Waals surface area contributed by atoms with E-state index < -0.39 is 0 Å². The fourth-order valence-electron chi connectivity index (χ4n) is 2.48. The van der Waals surface area contributed by atoms with Crippen molar-refractivity contribution in [1.29, 1.82) is 0 Å². The molecule has 0 saturated heterocycles. The largest absolute Gasteiger partial charge is 0.383 e. The summed E-state index contributed by atoms with van der Waals surface area (Å²) in [5.74, 6) is 2.20. The van der Waals surface area contributed by atoms with Gasteiger partial charge >= 0.3 is 0 Å². The second-order valence-electron chi connectivity index (χ2n) is 4.81. The summed E-state index contributed by atoms with van der Waals surface area (Å²) >= 11 is 2.27. The van der Waals surface area contributed by atoms with Crippen molar-refractivity contribution in [1.82, 2.24) is 9.97 Å². The molecule has 2 N–H and O–H groups in total. The van der Waals surface area contributed by atoms with E-state index in [-0.39, 0.29) is 0 Å². The van der Waals surface area contributed by atoms with Crippen LogP contribution in [0.1, 0.15) is 62.9 Å². The maximum absolute atomic E-state index is 6.00. The minimum absolute atomic E-state index is 0.540.